The predicted molar refractivity (Wildman–Crippen MR) is 63.8 cm³/mol. The quantitative estimate of drug-likeness (QED) is 0.656. The molecule has 0 spiro atoms. The molecule has 0 aliphatic carbocycles. The molecule has 1 aromatic rings. The van der Waals surface area contributed by atoms with Crippen LogP contribution in [0.3, 0.4) is 0 Å². The zero-order chi connectivity index (χ0) is 15.1. The average molecular weight is 290 g/mol. The molecular formula is C12H13F3N2O3. The Labute approximate surface area is 112 Å². The van der Waals surface area contributed by atoms with E-state index >= 15 is 0 Å². The third kappa shape index (κ3) is 2.56. The van der Waals surface area contributed by atoms with Crippen molar-refractivity contribution >= 4 is 11.6 Å². The van der Waals surface area contributed by atoms with Crippen LogP contribution in [0.15, 0.2) is 18.2 Å². The van der Waals surface area contributed by atoms with Crippen LogP contribution in [-0.2, 0) is 6.18 Å². The van der Waals surface area contributed by atoms with E-state index in [0.29, 0.717) is 0 Å². The first-order valence-corrected chi connectivity index (χ1v) is 5.83. The number of nitrogens with two attached hydrogens (primary N) is 1. The summed E-state index contributed by atoms with van der Waals surface area (Å²) in [7, 11) is 0. The number of amides is 1. The van der Waals surface area contributed by atoms with E-state index in [0.717, 1.165) is 17.0 Å². The maximum absolute atomic E-state index is 12.7. The van der Waals surface area contributed by atoms with Crippen molar-refractivity contribution in [2.45, 2.75) is 18.4 Å². The summed E-state index contributed by atoms with van der Waals surface area (Å²) >= 11 is 0. The molecule has 5 nitrogen and oxygen atoms in total. The number of rotatable bonds is 1. The number of anilines is 1. The summed E-state index contributed by atoms with van der Waals surface area (Å²) in [6.07, 6.45) is -6.86. The van der Waals surface area contributed by atoms with Crippen molar-refractivity contribution in [3.8, 4) is 0 Å². The van der Waals surface area contributed by atoms with Crippen LogP contribution in [0.5, 0.6) is 0 Å². The third-order valence-corrected chi connectivity index (χ3v) is 3.19. The fraction of sp³-hybridized carbons (Fsp3) is 0.417. The van der Waals surface area contributed by atoms with Gasteiger partial charge in [-0.3, -0.25) is 4.79 Å². The summed E-state index contributed by atoms with van der Waals surface area (Å²) in [5.41, 5.74) is 3.39. The number of nitrogens with zero attached hydrogens (tertiary/aromatic N) is 1. The second-order valence-corrected chi connectivity index (χ2v) is 4.61. The van der Waals surface area contributed by atoms with Gasteiger partial charge in [0.15, 0.2) is 0 Å². The minimum absolute atomic E-state index is 0.143. The number of hydrogen-bond acceptors (Lipinski definition) is 4. The summed E-state index contributed by atoms with van der Waals surface area (Å²) in [6.45, 7) is -0.286. The molecule has 2 unspecified atom stereocenters. The van der Waals surface area contributed by atoms with E-state index in [9.17, 15) is 28.2 Å². The molecule has 1 fully saturated rings. The van der Waals surface area contributed by atoms with Gasteiger partial charge in [0.2, 0.25) is 0 Å². The van der Waals surface area contributed by atoms with E-state index in [2.05, 4.69) is 0 Å². The maximum atomic E-state index is 12.7. The number of β-amino-alcohol motifs (C(OH)–C–C–N with tert-alkyl or cyclic N) is 2. The minimum Gasteiger partial charge on any atom is -0.398 e. The fourth-order valence-electron chi connectivity index (χ4n) is 2.10. The third-order valence-electron chi connectivity index (χ3n) is 3.19. The van der Waals surface area contributed by atoms with Crippen LogP contribution in [-0.4, -0.2) is 46.3 Å². The Bertz CT molecular complexity index is 523. The van der Waals surface area contributed by atoms with Gasteiger partial charge >= 0.3 is 6.18 Å². The van der Waals surface area contributed by atoms with Gasteiger partial charge in [0.1, 0.15) is 0 Å². The molecule has 1 heterocycles. The fourth-order valence-corrected chi connectivity index (χ4v) is 2.10. The number of likely N-dealkylation sites (tertiary alicyclic amines) is 1. The van der Waals surface area contributed by atoms with Gasteiger partial charge in [0.05, 0.1) is 29.0 Å². The van der Waals surface area contributed by atoms with Crippen molar-refractivity contribution < 1.29 is 28.2 Å². The minimum atomic E-state index is -4.65. The molecule has 1 aromatic carbocycles. The highest BCUT2D eigenvalue weighted by molar-refractivity contribution is 6.00. The lowest BCUT2D eigenvalue weighted by Crippen LogP contribution is -2.31. The van der Waals surface area contributed by atoms with Crippen LogP contribution < -0.4 is 5.73 Å². The molecule has 8 heteroatoms. The highest BCUT2D eigenvalue weighted by Crippen LogP contribution is 2.35. The summed E-state index contributed by atoms with van der Waals surface area (Å²) in [5.74, 6) is -0.746. The summed E-state index contributed by atoms with van der Waals surface area (Å²) in [6, 6.07) is 3.07. The molecule has 0 radical (unpaired) electrons. The van der Waals surface area contributed by atoms with Crippen molar-refractivity contribution in [3.05, 3.63) is 29.3 Å². The second kappa shape index (κ2) is 4.95. The normalized spacial score (nSPS) is 23.1. The van der Waals surface area contributed by atoms with Gasteiger partial charge in [-0.1, -0.05) is 6.07 Å². The second-order valence-electron chi connectivity index (χ2n) is 4.61. The Morgan fingerprint density at radius 3 is 2.30 bits per heavy atom. The molecular weight excluding hydrogens is 277 g/mol. The van der Waals surface area contributed by atoms with Crippen molar-refractivity contribution in [2.24, 2.45) is 0 Å². The molecule has 2 atom stereocenters. The van der Waals surface area contributed by atoms with Gasteiger partial charge in [0.25, 0.3) is 5.91 Å². The van der Waals surface area contributed by atoms with Crippen LogP contribution in [0.2, 0.25) is 0 Å². The van der Waals surface area contributed by atoms with Gasteiger partial charge in [0, 0.05) is 13.1 Å². The van der Waals surface area contributed by atoms with E-state index in [1.165, 1.54) is 6.07 Å². The largest absolute Gasteiger partial charge is 0.418 e. The molecule has 1 aliphatic rings. The Hall–Kier alpha value is -1.80. The lowest BCUT2D eigenvalue weighted by molar-refractivity contribution is -0.136. The van der Waals surface area contributed by atoms with Gasteiger partial charge < -0.3 is 20.8 Å². The first-order valence-electron chi connectivity index (χ1n) is 5.83. The van der Waals surface area contributed by atoms with Crippen LogP contribution in [0.25, 0.3) is 0 Å². The smallest absolute Gasteiger partial charge is 0.398 e. The highest BCUT2D eigenvalue weighted by atomic mass is 19.4. The number of halogens is 3. The molecule has 1 saturated heterocycles. The Kier molecular flexibility index (Phi) is 3.61. The lowest BCUT2D eigenvalue weighted by atomic mass is 10.1. The number of aliphatic hydroxyl groups excluding tert-OH is 2. The van der Waals surface area contributed by atoms with Crippen LogP contribution in [0.4, 0.5) is 18.9 Å². The van der Waals surface area contributed by atoms with E-state index in [1.54, 1.807) is 0 Å². The molecule has 0 aromatic heterocycles. The van der Waals surface area contributed by atoms with Gasteiger partial charge in [-0.2, -0.15) is 13.2 Å². The number of carbonyl (C=O) groups is 1. The first-order chi connectivity index (χ1) is 9.21. The van der Waals surface area contributed by atoms with E-state index in [-0.39, 0.29) is 18.7 Å². The van der Waals surface area contributed by atoms with Gasteiger partial charge in [-0.15, -0.1) is 0 Å². The zero-order valence-electron chi connectivity index (χ0n) is 10.3. The number of para-hydroxylation sites is 1. The molecule has 1 aliphatic heterocycles. The Morgan fingerprint density at radius 2 is 1.80 bits per heavy atom. The van der Waals surface area contributed by atoms with Crippen LogP contribution >= 0.6 is 0 Å². The number of nitrogen functional groups attached to an aromatic ring is 1. The first kappa shape index (κ1) is 14.6. The van der Waals surface area contributed by atoms with Crippen molar-refractivity contribution in [1.29, 1.82) is 0 Å². The van der Waals surface area contributed by atoms with Crippen molar-refractivity contribution in [2.75, 3.05) is 18.8 Å². The van der Waals surface area contributed by atoms with Crippen LogP contribution in [0.1, 0.15) is 15.9 Å². The summed E-state index contributed by atoms with van der Waals surface area (Å²) in [4.78, 5) is 13.2. The summed E-state index contributed by atoms with van der Waals surface area (Å²) in [5, 5.41) is 18.7. The zero-order valence-corrected chi connectivity index (χ0v) is 10.3. The number of carbonyl (C=O) groups excluding carboxylic acids is 1. The van der Waals surface area contributed by atoms with Crippen molar-refractivity contribution in [1.82, 2.24) is 4.90 Å². The molecule has 0 bridgehead atoms. The molecule has 0 saturated carbocycles. The molecule has 20 heavy (non-hydrogen) atoms. The van der Waals surface area contributed by atoms with E-state index in [4.69, 9.17) is 5.73 Å². The Morgan fingerprint density at radius 1 is 1.25 bits per heavy atom. The monoisotopic (exact) mass is 290 g/mol. The number of aliphatic hydroxyl groups is 2. The predicted octanol–water partition coefficient (Wildman–Crippen LogP) is 0.465. The molecule has 1 amide bonds. The molecule has 110 valence electrons. The topological polar surface area (TPSA) is 86.8 Å². The average Bonchev–Trinajstić information content (AvgIpc) is 2.67. The molecule has 4 N–H and O–H groups in total. The maximum Gasteiger partial charge on any atom is 0.418 e. The standard InChI is InChI=1S/C12H13F3N2O3/c13-12(14,15)7-3-1-2-6(10(7)16)11(20)17-4-8(18)9(19)5-17/h1-3,8-9,18-19H,4-5,16H2. The number of alkyl halides is 3. The van der Waals surface area contributed by atoms with E-state index in [1.807, 2.05) is 0 Å². The van der Waals surface area contributed by atoms with E-state index < -0.39 is 35.5 Å². The van der Waals surface area contributed by atoms with Crippen LogP contribution in [0, 0.1) is 0 Å². The SMILES string of the molecule is Nc1c(C(=O)N2CC(O)C(O)C2)cccc1C(F)(F)F. The molecule has 2 rings (SSSR count). The summed E-state index contributed by atoms with van der Waals surface area (Å²) < 4.78 is 38.1. The number of benzene rings is 1. The van der Waals surface area contributed by atoms with Gasteiger partial charge in [-0.25, -0.2) is 0 Å². The number of hydrogen-bond donors (Lipinski definition) is 3. The highest BCUT2D eigenvalue weighted by Gasteiger charge is 2.37. The Balaban J connectivity index is 2.32. The van der Waals surface area contributed by atoms with Crippen molar-refractivity contribution in [3.63, 3.8) is 0 Å². The van der Waals surface area contributed by atoms with Gasteiger partial charge in [-0.05, 0) is 12.1 Å². The lowest BCUT2D eigenvalue weighted by Gasteiger charge is -2.18.